The summed E-state index contributed by atoms with van der Waals surface area (Å²) in [7, 11) is -3.73. The van der Waals surface area contributed by atoms with Crippen molar-refractivity contribution in [3.05, 3.63) is 48.5 Å². The largest absolute Gasteiger partial charge is 0.494 e. The monoisotopic (exact) mass is 432 g/mol. The van der Waals surface area contributed by atoms with Crippen molar-refractivity contribution in [2.75, 3.05) is 17.9 Å². The number of carbonyl (C=O) groups excluding carboxylic acids is 1. The molecule has 2 N–H and O–H groups in total. The lowest BCUT2D eigenvalue weighted by Gasteiger charge is -2.22. The third kappa shape index (κ3) is 6.38. The van der Waals surface area contributed by atoms with Crippen molar-refractivity contribution in [1.82, 2.24) is 5.32 Å². The van der Waals surface area contributed by atoms with Gasteiger partial charge in [-0.25, -0.2) is 8.42 Å². The van der Waals surface area contributed by atoms with Gasteiger partial charge in [-0.1, -0.05) is 19.3 Å². The van der Waals surface area contributed by atoms with Gasteiger partial charge in [-0.3, -0.25) is 9.52 Å². The van der Waals surface area contributed by atoms with Crippen LogP contribution in [0.25, 0.3) is 0 Å². The molecule has 0 bridgehead atoms. The lowest BCUT2D eigenvalue weighted by molar-refractivity contribution is -0.124. The Morgan fingerprint density at radius 3 is 2.17 bits per heavy atom. The van der Waals surface area contributed by atoms with E-state index in [0.717, 1.165) is 25.7 Å². The van der Waals surface area contributed by atoms with Gasteiger partial charge in [0.1, 0.15) is 11.5 Å². The molecule has 0 atom stereocenters. The molecular formula is C22H28N2O5S. The fourth-order valence-corrected chi connectivity index (χ4v) is 4.44. The molecule has 1 saturated carbocycles. The highest BCUT2D eigenvalue weighted by Gasteiger charge is 2.17. The molecule has 1 aliphatic rings. The van der Waals surface area contributed by atoms with E-state index in [2.05, 4.69) is 10.0 Å². The number of carbonyl (C=O) groups is 1. The first-order valence-corrected chi connectivity index (χ1v) is 11.7. The molecular weight excluding hydrogens is 404 g/mol. The van der Waals surface area contributed by atoms with E-state index in [1.807, 2.05) is 6.92 Å². The van der Waals surface area contributed by atoms with Crippen LogP contribution in [0.4, 0.5) is 5.69 Å². The summed E-state index contributed by atoms with van der Waals surface area (Å²) in [4.78, 5) is 12.1. The molecule has 0 aliphatic heterocycles. The van der Waals surface area contributed by atoms with Crippen molar-refractivity contribution in [3.8, 4) is 11.5 Å². The number of nitrogens with one attached hydrogen (secondary N) is 2. The smallest absolute Gasteiger partial charge is 0.261 e. The molecule has 1 amide bonds. The standard InChI is InChI=1S/C22H28N2O5S/c1-2-28-19-10-8-18(9-11-19)24-30(26,27)21-14-12-20(13-15-21)29-16-22(25)23-17-6-4-3-5-7-17/h8-15,17,24H,2-7,16H2,1H3,(H,23,25). The number of anilines is 1. The average Bonchev–Trinajstić information content (AvgIpc) is 2.75. The molecule has 1 aliphatic carbocycles. The van der Waals surface area contributed by atoms with Gasteiger partial charge in [-0.05, 0) is 68.3 Å². The molecule has 7 nitrogen and oxygen atoms in total. The van der Waals surface area contributed by atoms with Crippen molar-refractivity contribution in [2.24, 2.45) is 0 Å². The Morgan fingerprint density at radius 1 is 0.933 bits per heavy atom. The Morgan fingerprint density at radius 2 is 1.53 bits per heavy atom. The molecule has 3 rings (SSSR count). The van der Waals surface area contributed by atoms with E-state index in [-0.39, 0.29) is 23.5 Å². The summed E-state index contributed by atoms with van der Waals surface area (Å²) in [6, 6.07) is 12.9. The highest BCUT2D eigenvalue weighted by molar-refractivity contribution is 7.92. The highest BCUT2D eigenvalue weighted by atomic mass is 32.2. The van der Waals surface area contributed by atoms with Crippen LogP contribution in [0.5, 0.6) is 11.5 Å². The first-order chi connectivity index (χ1) is 14.5. The molecule has 0 aromatic heterocycles. The first-order valence-electron chi connectivity index (χ1n) is 10.2. The summed E-state index contributed by atoms with van der Waals surface area (Å²) in [5, 5.41) is 2.99. The Balaban J connectivity index is 1.52. The maximum absolute atomic E-state index is 12.6. The molecule has 30 heavy (non-hydrogen) atoms. The second-order valence-electron chi connectivity index (χ2n) is 7.23. The van der Waals surface area contributed by atoms with Crippen LogP contribution in [0.1, 0.15) is 39.0 Å². The molecule has 1 fully saturated rings. The average molecular weight is 433 g/mol. The zero-order valence-corrected chi connectivity index (χ0v) is 17.9. The Hall–Kier alpha value is -2.74. The molecule has 0 saturated heterocycles. The fourth-order valence-electron chi connectivity index (χ4n) is 3.38. The van der Waals surface area contributed by atoms with Gasteiger partial charge in [0.05, 0.1) is 11.5 Å². The fraction of sp³-hybridized carbons (Fsp3) is 0.409. The van der Waals surface area contributed by atoms with Gasteiger partial charge in [0.2, 0.25) is 0 Å². The van der Waals surface area contributed by atoms with Crippen molar-refractivity contribution in [2.45, 2.75) is 50.0 Å². The van der Waals surface area contributed by atoms with Crippen molar-refractivity contribution < 1.29 is 22.7 Å². The molecule has 0 unspecified atom stereocenters. The normalized spacial score (nSPS) is 14.7. The van der Waals surface area contributed by atoms with Crippen LogP contribution in [0.15, 0.2) is 53.4 Å². The van der Waals surface area contributed by atoms with Crippen LogP contribution in [0.3, 0.4) is 0 Å². The summed E-state index contributed by atoms with van der Waals surface area (Å²) in [5.74, 6) is 0.957. The van der Waals surface area contributed by atoms with E-state index < -0.39 is 10.0 Å². The van der Waals surface area contributed by atoms with Crippen LogP contribution < -0.4 is 19.5 Å². The molecule has 0 radical (unpaired) electrons. The highest BCUT2D eigenvalue weighted by Crippen LogP contribution is 2.21. The number of rotatable bonds is 9. The molecule has 2 aromatic rings. The Labute approximate surface area is 177 Å². The van der Waals surface area contributed by atoms with Gasteiger partial charge < -0.3 is 14.8 Å². The van der Waals surface area contributed by atoms with E-state index in [1.165, 1.54) is 18.6 Å². The Bertz CT molecular complexity index is 921. The molecule has 8 heteroatoms. The summed E-state index contributed by atoms with van der Waals surface area (Å²) >= 11 is 0. The molecule has 0 heterocycles. The van der Waals surface area contributed by atoms with Crippen LogP contribution in [0, 0.1) is 0 Å². The lowest BCUT2D eigenvalue weighted by Crippen LogP contribution is -2.38. The third-order valence-corrected chi connectivity index (χ3v) is 6.29. The number of amides is 1. The van der Waals surface area contributed by atoms with Crippen molar-refractivity contribution in [1.29, 1.82) is 0 Å². The van der Waals surface area contributed by atoms with Gasteiger partial charge in [-0.2, -0.15) is 0 Å². The topological polar surface area (TPSA) is 93.7 Å². The Kier molecular flexibility index (Phi) is 7.57. The van der Waals surface area contributed by atoms with Gasteiger partial charge in [-0.15, -0.1) is 0 Å². The van der Waals surface area contributed by atoms with E-state index in [0.29, 0.717) is 23.8 Å². The van der Waals surface area contributed by atoms with Crippen molar-refractivity contribution >= 4 is 21.6 Å². The maximum Gasteiger partial charge on any atom is 0.261 e. The maximum atomic E-state index is 12.6. The van der Waals surface area contributed by atoms with Crippen LogP contribution in [-0.4, -0.2) is 33.6 Å². The third-order valence-electron chi connectivity index (χ3n) is 4.89. The quantitative estimate of drug-likeness (QED) is 0.630. The van der Waals surface area contributed by atoms with E-state index >= 15 is 0 Å². The number of hydrogen-bond acceptors (Lipinski definition) is 5. The first kappa shape index (κ1) is 22.0. The van der Waals surface area contributed by atoms with Crippen LogP contribution >= 0.6 is 0 Å². The van der Waals surface area contributed by atoms with Crippen LogP contribution in [-0.2, 0) is 14.8 Å². The lowest BCUT2D eigenvalue weighted by atomic mass is 9.95. The van der Waals surface area contributed by atoms with E-state index in [9.17, 15) is 13.2 Å². The predicted molar refractivity (Wildman–Crippen MR) is 115 cm³/mol. The summed E-state index contributed by atoms with van der Waals surface area (Å²) < 4.78 is 38.5. The minimum atomic E-state index is -3.73. The minimum absolute atomic E-state index is 0.0903. The van der Waals surface area contributed by atoms with Gasteiger partial charge in [0.25, 0.3) is 15.9 Å². The summed E-state index contributed by atoms with van der Waals surface area (Å²) in [6.07, 6.45) is 5.55. The van der Waals surface area contributed by atoms with Gasteiger partial charge in [0.15, 0.2) is 6.61 Å². The van der Waals surface area contributed by atoms with Gasteiger partial charge >= 0.3 is 0 Å². The summed E-state index contributed by atoms with van der Waals surface area (Å²) in [6.45, 7) is 2.34. The molecule has 2 aromatic carbocycles. The van der Waals surface area contributed by atoms with E-state index in [1.54, 1.807) is 36.4 Å². The number of benzene rings is 2. The second kappa shape index (κ2) is 10.3. The molecule has 0 spiro atoms. The summed E-state index contributed by atoms with van der Waals surface area (Å²) in [5.41, 5.74) is 0.443. The number of hydrogen-bond donors (Lipinski definition) is 2. The van der Waals surface area contributed by atoms with E-state index in [4.69, 9.17) is 9.47 Å². The number of sulfonamides is 1. The molecule has 162 valence electrons. The second-order valence-corrected chi connectivity index (χ2v) is 8.91. The van der Waals surface area contributed by atoms with Gasteiger partial charge in [0, 0.05) is 11.7 Å². The zero-order valence-electron chi connectivity index (χ0n) is 17.1. The van der Waals surface area contributed by atoms with Crippen molar-refractivity contribution in [3.63, 3.8) is 0 Å². The van der Waals surface area contributed by atoms with Crippen LogP contribution in [0.2, 0.25) is 0 Å². The SMILES string of the molecule is CCOc1ccc(NS(=O)(=O)c2ccc(OCC(=O)NC3CCCCC3)cc2)cc1. The zero-order chi connectivity index (χ0) is 21.4. The predicted octanol–water partition coefficient (Wildman–Crippen LogP) is 3.71. The number of ether oxygens (including phenoxy) is 2. The minimum Gasteiger partial charge on any atom is -0.494 e.